The van der Waals surface area contributed by atoms with Crippen molar-refractivity contribution in [3.05, 3.63) is 23.8 Å². The normalized spacial score (nSPS) is 17.8. The fourth-order valence-corrected chi connectivity index (χ4v) is 4.48. The number of ether oxygens (including phenoxy) is 2. The molecule has 2 saturated heterocycles. The van der Waals surface area contributed by atoms with E-state index in [1.807, 2.05) is 48.5 Å². The van der Waals surface area contributed by atoms with Gasteiger partial charge in [-0.25, -0.2) is 0 Å². The molecular formula is C26H42BrFN2O7S. The Morgan fingerprint density at radius 2 is 1.66 bits per heavy atom. The number of esters is 1. The van der Waals surface area contributed by atoms with E-state index in [-0.39, 0.29) is 47.3 Å². The largest absolute Gasteiger partial charge is 0.481 e. The summed E-state index contributed by atoms with van der Waals surface area (Å²) in [5, 5.41) is 5.60. The Morgan fingerprint density at radius 3 is 2.11 bits per heavy atom. The molecule has 218 valence electrons. The monoisotopic (exact) mass is 624 g/mol. The number of benzene rings is 1. The maximum absolute atomic E-state index is 13.8. The van der Waals surface area contributed by atoms with E-state index in [0.29, 0.717) is 5.56 Å². The van der Waals surface area contributed by atoms with Crippen LogP contribution in [0.1, 0.15) is 85.6 Å². The standard InChI is InChI=1S/C16H19FN2O5S.C6H11BrO2.2C2H6/c17-25(22,23)14-9-11(24-13-3-4-15(20)19-16(13)21)1-2-12(14)10-5-7-18-8-6-10;1-6(2,3)9-5(8)4-7;2*1-2/h1-2,9-10,13,18H,3-8H2,(H,19,20,21);4H2,1-3H3;2*1-2H3. The van der Waals surface area contributed by atoms with Crippen LogP contribution >= 0.6 is 15.9 Å². The lowest BCUT2D eigenvalue weighted by molar-refractivity contribution is -0.151. The first-order valence-corrected chi connectivity index (χ1v) is 15.4. The molecule has 1 aromatic rings. The second-order valence-corrected chi connectivity index (χ2v) is 10.8. The summed E-state index contributed by atoms with van der Waals surface area (Å²) in [6.07, 6.45) is 0.861. The smallest absolute Gasteiger partial charge is 0.332 e. The number of carbonyl (C=O) groups excluding carboxylic acids is 3. The van der Waals surface area contributed by atoms with Gasteiger partial charge in [-0.1, -0.05) is 49.7 Å². The molecule has 0 aliphatic carbocycles. The first-order chi connectivity index (χ1) is 17.8. The molecule has 2 amide bonds. The first kappa shape index (κ1) is 35.9. The molecule has 2 aliphatic heterocycles. The average Bonchev–Trinajstić information content (AvgIpc) is 2.87. The number of hydrogen-bond acceptors (Lipinski definition) is 8. The Morgan fingerprint density at radius 1 is 1.08 bits per heavy atom. The van der Waals surface area contributed by atoms with Crippen LogP contribution in [0.25, 0.3) is 0 Å². The van der Waals surface area contributed by atoms with Gasteiger partial charge in [0.25, 0.3) is 5.91 Å². The van der Waals surface area contributed by atoms with E-state index in [1.54, 1.807) is 6.07 Å². The fraction of sp³-hybridized carbons (Fsp3) is 0.654. The summed E-state index contributed by atoms with van der Waals surface area (Å²) >= 11 is 2.99. The van der Waals surface area contributed by atoms with Crippen molar-refractivity contribution >= 4 is 43.9 Å². The molecule has 2 N–H and O–H groups in total. The van der Waals surface area contributed by atoms with E-state index in [0.717, 1.165) is 32.0 Å². The van der Waals surface area contributed by atoms with Gasteiger partial charge in [-0.15, -0.1) is 3.89 Å². The van der Waals surface area contributed by atoms with Gasteiger partial charge < -0.3 is 14.8 Å². The molecule has 2 fully saturated rings. The number of imide groups is 1. The van der Waals surface area contributed by atoms with Gasteiger partial charge in [0, 0.05) is 18.9 Å². The second kappa shape index (κ2) is 17.5. The Balaban J connectivity index is 0.000000891. The predicted molar refractivity (Wildman–Crippen MR) is 149 cm³/mol. The van der Waals surface area contributed by atoms with E-state index >= 15 is 0 Å². The molecule has 9 nitrogen and oxygen atoms in total. The van der Waals surface area contributed by atoms with Crippen molar-refractivity contribution in [2.75, 3.05) is 18.4 Å². The average molecular weight is 626 g/mol. The van der Waals surface area contributed by atoms with Crippen LogP contribution in [-0.4, -0.2) is 56.3 Å². The summed E-state index contributed by atoms with van der Waals surface area (Å²) in [5.74, 6) is -1.14. The highest BCUT2D eigenvalue weighted by molar-refractivity contribution is 9.09. The van der Waals surface area contributed by atoms with Gasteiger partial charge in [-0.2, -0.15) is 8.42 Å². The van der Waals surface area contributed by atoms with Gasteiger partial charge >= 0.3 is 16.2 Å². The molecule has 2 heterocycles. The third kappa shape index (κ3) is 13.1. The number of carbonyl (C=O) groups is 3. The molecule has 0 saturated carbocycles. The number of halogens is 2. The Bertz CT molecular complexity index is 1010. The summed E-state index contributed by atoms with van der Waals surface area (Å²) in [7, 11) is -4.92. The Hall–Kier alpha value is -2.05. The van der Waals surface area contributed by atoms with Gasteiger partial charge in [0.15, 0.2) is 6.10 Å². The Kier molecular flexibility index (Phi) is 16.6. The molecular weight excluding hydrogens is 583 g/mol. The third-order valence-corrected chi connectivity index (χ3v) is 6.36. The van der Waals surface area contributed by atoms with Crippen LogP contribution < -0.4 is 15.4 Å². The predicted octanol–water partition coefficient (Wildman–Crippen LogP) is 4.77. The van der Waals surface area contributed by atoms with E-state index in [1.165, 1.54) is 6.07 Å². The maximum Gasteiger partial charge on any atom is 0.332 e. The van der Waals surface area contributed by atoms with E-state index < -0.39 is 27.1 Å². The molecule has 2 aliphatic rings. The van der Waals surface area contributed by atoms with Crippen molar-refractivity contribution in [2.24, 2.45) is 0 Å². The van der Waals surface area contributed by atoms with Crippen LogP contribution in [0.5, 0.6) is 5.75 Å². The number of hydrogen-bond donors (Lipinski definition) is 2. The van der Waals surface area contributed by atoms with E-state index in [4.69, 9.17) is 9.47 Å². The lowest BCUT2D eigenvalue weighted by Crippen LogP contribution is -2.46. The van der Waals surface area contributed by atoms with Crippen molar-refractivity contribution in [1.82, 2.24) is 10.6 Å². The van der Waals surface area contributed by atoms with Gasteiger partial charge in [-0.05, 0) is 64.3 Å². The van der Waals surface area contributed by atoms with E-state index in [9.17, 15) is 26.7 Å². The fourth-order valence-electron chi connectivity index (χ4n) is 3.59. The van der Waals surface area contributed by atoms with Crippen LogP contribution in [0, 0.1) is 0 Å². The zero-order valence-electron chi connectivity index (χ0n) is 23.4. The zero-order chi connectivity index (χ0) is 29.5. The molecule has 0 bridgehead atoms. The van der Waals surface area contributed by atoms with Crippen LogP contribution in [0.4, 0.5) is 3.89 Å². The molecule has 1 unspecified atom stereocenters. The Labute approximate surface area is 235 Å². The van der Waals surface area contributed by atoms with E-state index in [2.05, 4.69) is 26.6 Å². The summed E-state index contributed by atoms with van der Waals surface area (Å²) in [4.78, 5) is 33.0. The van der Waals surface area contributed by atoms with Gasteiger partial charge in [0.05, 0.1) is 0 Å². The molecule has 1 aromatic carbocycles. The van der Waals surface area contributed by atoms with Crippen LogP contribution in [-0.2, 0) is 29.3 Å². The molecule has 3 rings (SSSR count). The maximum atomic E-state index is 13.8. The minimum Gasteiger partial charge on any atom is -0.481 e. The van der Waals surface area contributed by atoms with Gasteiger partial charge in [0.2, 0.25) is 5.91 Å². The van der Waals surface area contributed by atoms with Crippen LogP contribution in [0.3, 0.4) is 0 Å². The minimum atomic E-state index is -4.92. The molecule has 0 radical (unpaired) electrons. The summed E-state index contributed by atoms with van der Waals surface area (Å²) < 4.78 is 47.4. The van der Waals surface area contributed by atoms with Crippen molar-refractivity contribution < 1.29 is 36.2 Å². The molecule has 1 atom stereocenters. The number of rotatable bonds is 5. The summed E-state index contributed by atoms with van der Waals surface area (Å²) in [5.41, 5.74) is 0.0739. The lowest BCUT2D eigenvalue weighted by Gasteiger charge is -2.25. The van der Waals surface area contributed by atoms with Crippen molar-refractivity contribution in [3.8, 4) is 5.75 Å². The highest BCUT2D eigenvalue weighted by Crippen LogP contribution is 2.34. The lowest BCUT2D eigenvalue weighted by atomic mass is 9.90. The van der Waals surface area contributed by atoms with Crippen LogP contribution in [0.15, 0.2) is 23.1 Å². The van der Waals surface area contributed by atoms with Crippen molar-refractivity contribution in [2.45, 2.75) is 96.7 Å². The molecule has 0 spiro atoms. The SMILES string of the molecule is CC.CC.CC(C)(C)OC(=O)CBr.O=C1CCC(Oc2ccc(C3CCNCC3)c(S(=O)(=O)F)c2)C(=O)N1. The number of alkyl halides is 1. The minimum absolute atomic E-state index is 0.0496. The topological polar surface area (TPSA) is 128 Å². The van der Waals surface area contributed by atoms with Crippen molar-refractivity contribution in [3.63, 3.8) is 0 Å². The quantitative estimate of drug-likeness (QED) is 0.207. The highest BCUT2D eigenvalue weighted by atomic mass is 79.9. The molecule has 12 heteroatoms. The number of amides is 2. The third-order valence-electron chi connectivity index (χ3n) is 5.02. The molecule has 0 aromatic heterocycles. The summed E-state index contributed by atoms with van der Waals surface area (Å²) in [6, 6.07) is 4.20. The summed E-state index contributed by atoms with van der Waals surface area (Å²) in [6.45, 7) is 15.0. The second-order valence-electron chi connectivity index (χ2n) is 8.94. The van der Waals surface area contributed by atoms with Crippen LogP contribution in [0.2, 0.25) is 0 Å². The highest BCUT2D eigenvalue weighted by Gasteiger charge is 2.30. The first-order valence-electron chi connectivity index (χ1n) is 12.9. The van der Waals surface area contributed by atoms with Gasteiger partial charge in [-0.3, -0.25) is 19.7 Å². The van der Waals surface area contributed by atoms with Gasteiger partial charge in [0.1, 0.15) is 21.6 Å². The zero-order valence-corrected chi connectivity index (χ0v) is 25.8. The number of nitrogens with one attached hydrogen (secondary N) is 2. The van der Waals surface area contributed by atoms with Crippen molar-refractivity contribution in [1.29, 1.82) is 0 Å². The molecule has 38 heavy (non-hydrogen) atoms. The number of piperidine rings is 2.